The Hall–Kier alpha value is 0.310. The minimum Gasteiger partial charge on any atom is -0.330 e. The van der Waals surface area contributed by atoms with Gasteiger partial charge >= 0.3 is 0 Å². The van der Waals surface area contributed by atoms with E-state index in [-0.39, 0.29) is 0 Å². The van der Waals surface area contributed by atoms with Crippen molar-refractivity contribution in [3.8, 4) is 0 Å². The van der Waals surface area contributed by atoms with Crippen LogP contribution in [0, 0.1) is 11.3 Å². The van der Waals surface area contributed by atoms with Gasteiger partial charge in [-0.15, -0.1) is 0 Å². The van der Waals surface area contributed by atoms with E-state index in [9.17, 15) is 0 Å². The van der Waals surface area contributed by atoms with Crippen LogP contribution in [-0.2, 0) is 0 Å². The normalized spacial score (nSPS) is 23.0. The summed E-state index contributed by atoms with van der Waals surface area (Å²) in [6.07, 6.45) is 4.00. The Morgan fingerprint density at radius 3 is 2.33 bits per heavy atom. The molecule has 0 radical (unpaired) electrons. The van der Waals surface area contributed by atoms with Gasteiger partial charge in [0.25, 0.3) is 0 Å². The zero-order valence-electron chi connectivity index (χ0n) is 8.31. The maximum atomic E-state index is 5.88. The molecule has 1 aliphatic rings. The van der Waals surface area contributed by atoms with Gasteiger partial charge in [0.05, 0.1) is 0 Å². The van der Waals surface area contributed by atoms with Crippen LogP contribution in [-0.4, -0.2) is 18.1 Å². The van der Waals surface area contributed by atoms with Crippen LogP contribution in [0.15, 0.2) is 0 Å². The minimum atomic E-state index is 0.499. The van der Waals surface area contributed by atoms with E-state index in [1.54, 1.807) is 0 Å². The van der Waals surface area contributed by atoms with E-state index in [0.717, 1.165) is 12.5 Å². The molecule has 12 heavy (non-hydrogen) atoms. The quantitative estimate of drug-likeness (QED) is 0.734. The SMILES string of the molecule is CC(C)CC1(CN)CCSCC1. The van der Waals surface area contributed by atoms with Crippen LogP contribution in [0.1, 0.15) is 33.1 Å². The molecule has 1 rings (SSSR count). The Bertz CT molecular complexity index is 128. The van der Waals surface area contributed by atoms with E-state index in [1.807, 2.05) is 0 Å². The summed E-state index contributed by atoms with van der Waals surface area (Å²) in [5.74, 6) is 3.45. The highest BCUT2D eigenvalue weighted by atomic mass is 32.2. The van der Waals surface area contributed by atoms with Crippen molar-refractivity contribution in [2.45, 2.75) is 33.1 Å². The molecule has 0 aliphatic carbocycles. The molecule has 72 valence electrons. The average Bonchev–Trinajstić information content (AvgIpc) is 2.05. The van der Waals surface area contributed by atoms with E-state index < -0.39 is 0 Å². The first kappa shape index (κ1) is 10.4. The molecule has 0 amide bonds. The molecular weight excluding hydrogens is 166 g/mol. The second-order valence-electron chi connectivity index (χ2n) is 4.41. The molecule has 1 heterocycles. The van der Waals surface area contributed by atoms with E-state index >= 15 is 0 Å². The third kappa shape index (κ3) is 2.67. The molecule has 1 saturated heterocycles. The van der Waals surface area contributed by atoms with Crippen LogP contribution >= 0.6 is 11.8 Å². The molecule has 0 spiro atoms. The molecule has 1 fully saturated rings. The molecule has 1 aliphatic heterocycles. The van der Waals surface area contributed by atoms with Crippen molar-refractivity contribution >= 4 is 11.8 Å². The van der Waals surface area contributed by atoms with Crippen molar-refractivity contribution in [3.63, 3.8) is 0 Å². The topological polar surface area (TPSA) is 26.0 Å². The van der Waals surface area contributed by atoms with Crippen molar-refractivity contribution in [2.24, 2.45) is 17.1 Å². The lowest BCUT2D eigenvalue weighted by molar-refractivity contribution is 0.216. The van der Waals surface area contributed by atoms with Crippen molar-refractivity contribution in [3.05, 3.63) is 0 Å². The van der Waals surface area contributed by atoms with Crippen LogP contribution in [0.5, 0.6) is 0 Å². The lowest BCUT2D eigenvalue weighted by atomic mass is 9.75. The second-order valence-corrected chi connectivity index (χ2v) is 5.64. The highest BCUT2D eigenvalue weighted by Gasteiger charge is 2.31. The van der Waals surface area contributed by atoms with E-state index in [1.165, 1.54) is 30.8 Å². The van der Waals surface area contributed by atoms with Crippen LogP contribution < -0.4 is 5.73 Å². The predicted octanol–water partition coefficient (Wildman–Crippen LogP) is 2.50. The van der Waals surface area contributed by atoms with Crippen molar-refractivity contribution in [1.29, 1.82) is 0 Å². The van der Waals surface area contributed by atoms with Gasteiger partial charge in [-0.2, -0.15) is 11.8 Å². The smallest absolute Gasteiger partial charge is 0.00198 e. The number of hydrogen-bond donors (Lipinski definition) is 1. The summed E-state index contributed by atoms with van der Waals surface area (Å²) in [5, 5.41) is 0. The van der Waals surface area contributed by atoms with E-state index in [2.05, 4.69) is 25.6 Å². The van der Waals surface area contributed by atoms with Crippen LogP contribution in [0.3, 0.4) is 0 Å². The summed E-state index contributed by atoms with van der Waals surface area (Å²) in [6.45, 7) is 5.50. The molecule has 0 aromatic rings. The molecule has 2 heteroatoms. The highest BCUT2D eigenvalue weighted by molar-refractivity contribution is 7.99. The zero-order chi connectivity index (χ0) is 9.03. The molecule has 0 bridgehead atoms. The maximum Gasteiger partial charge on any atom is -0.00198 e. The number of rotatable bonds is 3. The third-order valence-corrected chi connectivity index (χ3v) is 3.81. The van der Waals surface area contributed by atoms with Crippen molar-refractivity contribution in [1.82, 2.24) is 0 Å². The Kier molecular flexibility index (Phi) is 3.91. The monoisotopic (exact) mass is 187 g/mol. The molecule has 0 atom stereocenters. The van der Waals surface area contributed by atoms with Gasteiger partial charge in [0.2, 0.25) is 0 Å². The lowest BCUT2D eigenvalue weighted by Crippen LogP contribution is -2.35. The summed E-state index contributed by atoms with van der Waals surface area (Å²) < 4.78 is 0. The molecule has 1 nitrogen and oxygen atoms in total. The summed E-state index contributed by atoms with van der Waals surface area (Å²) in [4.78, 5) is 0. The summed E-state index contributed by atoms with van der Waals surface area (Å²) in [7, 11) is 0. The Morgan fingerprint density at radius 2 is 1.92 bits per heavy atom. The highest BCUT2D eigenvalue weighted by Crippen LogP contribution is 2.39. The zero-order valence-corrected chi connectivity index (χ0v) is 9.12. The number of hydrogen-bond acceptors (Lipinski definition) is 2. The molecule has 0 aromatic carbocycles. The predicted molar refractivity (Wildman–Crippen MR) is 57.5 cm³/mol. The first-order valence-electron chi connectivity index (χ1n) is 4.96. The van der Waals surface area contributed by atoms with Crippen molar-refractivity contribution < 1.29 is 0 Å². The standard InChI is InChI=1S/C10H21NS/c1-9(2)7-10(8-11)3-5-12-6-4-10/h9H,3-8,11H2,1-2H3. The fourth-order valence-corrected chi connectivity index (χ4v) is 3.52. The van der Waals surface area contributed by atoms with E-state index in [4.69, 9.17) is 5.73 Å². The van der Waals surface area contributed by atoms with Gasteiger partial charge in [-0.25, -0.2) is 0 Å². The molecular formula is C10H21NS. The van der Waals surface area contributed by atoms with Crippen LogP contribution in [0.2, 0.25) is 0 Å². The molecule has 0 unspecified atom stereocenters. The summed E-state index contributed by atoms with van der Waals surface area (Å²) >= 11 is 2.08. The Morgan fingerprint density at radius 1 is 1.33 bits per heavy atom. The molecule has 0 aromatic heterocycles. The van der Waals surface area contributed by atoms with E-state index in [0.29, 0.717) is 5.41 Å². The minimum absolute atomic E-state index is 0.499. The molecule has 2 N–H and O–H groups in total. The fourth-order valence-electron chi connectivity index (χ4n) is 2.16. The van der Waals surface area contributed by atoms with Gasteiger partial charge in [0.15, 0.2) is 0 Å². The van der Waals surface area contributed by atoms with Gasteiger partial charge in [-0.1, -0.05) is 13.8 Å². The first-order valence-corrected chi connectivity index (χ1v) is 6.12. The summed E-state index contributed by atoms with van der Waals surface area (Å²) in [5.41, 5.74) is 6.38. The van der Waals surface area contributed by atoms with Gasteiger partial charge in [-0.05, 0) is 48.6 Å². The van der Waals surface area contributed by atoms with Gasteiger partial charge in [0, 0.05) is 0 Å². The van der Waals surface area contributed by atoms with Gasteiger partial charge < -0.3 is 5.73 Å². The fraction of sp³-hybridized carbons (Fsp3) is 1.00. The second kappa shape index (κ2) is 4.52. The van der Waals surface area contributed by atoms with Crippen molar-refractivity contribution in [2.75, 3.05) is 18.1 Å². The first-order chi connectivity index (χ1) is 5.68. The number of thioether (sulfide) groups is 1. The maximum absolute atomic E-state index is 5.88. The van der Waals surface area contributed by atoms with Gasteiger partial charge in [0.1, 0.15) is 0 Å². The summed E-state index contributed by atoms with van der Waals surface area (Å²) in [6, 6.07) is 0. The largest absolute Gasteiger partial charge is 0.330 e. The van der Waals surface area contributed by atoms with Crippen LogP contribution in [0.4, 0.5) is 0 Å². The molecule has 0 saturated carbocycles. The lowest BCUT2D eigenvalue weighted by Gasteiger charge is -2.37. The third-order valence-electron chi connectivity index (χ3n) is 2.83. The Balaban J connectivity index is 2.48. The van der Waals surface area contributed by atoms with Gasteiger partial charge in [-0.3, -0.25) is 0 Å². The van der Waals surface area contributed by atoms with Crippen LogP contribution in [0.25, 0.3) is 0 Å². The Labute approximate surface area is 80.5 Å². The number of nitrogens with two attached hydrogens (primary N) is 1. The average molecular weight is 187 g/mol.